The maximum atomic E-state index is 14.1. The average molecular weight is 438 g/mol. The van der Waals surface area contributed by atoms with E-state index in [4.69, 9.17) is 20.3 Å². The molecular weight excluding hydrogens is 413 g/mol. The molecule has 4 N–H and O–H groups in total. The number of nitrogens with one attached hydrogen (secondary N) is 2. The Morgan fingerprint density at radius 3 is 2.94 bits per heavy atom. The molecule has 0 amide bonds. The number of pyridine rings is 1. The zero-order valence-corrected chi connectivity index (χ0v) is 18.4. The molecule has 6 nitrogen and oxygen atoms in total. The lowest BCUT2D eigenvalue weighted by molar-refractivity contribution is 0.227. The minimum Gasteiger partial charge on any atom is -0.482 e. The molecule has 0 saturated carbocycles. The normalized spacial score (nSPS) is 17.2. The summed E-state index contributed by atoms with van der Waals surface area (Å²) in [6.07, 6.45) is 4.28. The zero-order valence-electron chi connectivity index (χ0n) is 17.6. The predicted octanol–water partition coefficient (Wildman–Crippen LogP) is 4.66. The molecule has 0 radical (unpaired) electrons. The Bertz CT molecular complexity index is 1190. The highest BCUT2D eigenvalue weighted by Gasteiger charge is 2.24. The predicted molar refractivity (Wildman–Crippen MR) is 122 cm³/mol. The van der Waals surface area contributed by atoms with E-state index in [1.165, 1.54) is 23.7 Å². The summed E-state index contributed by atoms with van der Waals surface area (Å²) in [5.74, 6) is 0.305. The molecule has 1 atom stereocenters. The van der Waals surface area contributed by atoms with E-state index in [9.17, 15) is 4.39 Å². The summed E-state index contributed by atoms with van der Waals surface area (Å²) in [5.41, 5.74) is 11.1. The van der Waals surface area contributed by atoms with Gasteiger partial charge in [-0.05, 0) is 54.7 Å². The Morgan fingerprint density at radius 1 is 1.39 bits per heavy atom. The van der Waals surface area contributed by atoms with Gasteiger partial charge in [-0.15, -0.1) is 0 Å². The number of ether oxygens (including phenoxy) is 1. The number of aromatic nitrogens is 2. The Hall–Kier alpha value is -3.26. The maximum Gasteiger partial charge on any atom is 0.166 e. The molecule has 3 heterocycles. The van der Waals surface area contributed by atoms with E-state index in [-0.39, 0.29) is 11.6 Å². The Morgan fingerprint density at radius 2 is 2.19 bits per heavy atom. The molecule has 0 fully saturated rings. The summed E-state index contributed by atoms with van der Waals surface area (Å²) in [4.78, 5) is 5.48. The molecule has 2 bridgehead atoms. The second-order valence-electron chi connectivity index (χ2n) is 7.39. The third-order valence-electron chi connectivity index (χ3n) is 5.35. The van der Waals surface area contributed by atoms with Gasteiger partial charge in [0.2, 0.25) is 0 Å². The van der Waals surface area contributed by atoms with Crippen LogP contribution in [0.1, 0.15) is 41.6 Å². The van der Waals surface area contributed by atoms with Gasteiger partial charge in [-0.1, -0.05) is 6.92 Å². The van der Waals surface area contributed by atoms with Crippen molar-refractivity contribution in [1.82, 2.24) is 14.7 Å². The lowest BCUT2D eigenvalue weighted by atomic mass is 9.91. The Labute approximate surface area is 184 Å². The van der Waals surface area contributed by atoms with Gasteiger partial charge < -0.3 is 15.8 Å². The monoisotopic (exact) mass is 437 g/mol. The van der Waals surface area contributed by atoms with Crippen molar-refractivity contribution in [3.8, 4) is 16.9 Å². The van der Waals surface area contributed by atoms with Crippen molar-refractivity contribution in [1.29, 1.82) is 5.41 Å². The third-order valence-corrected chi connectivity index (χ3v) is 6.37. The van der Waals surface area contributed by atoms with Gasteiger partial charge in [0.05, 0.1) is 11.4 Å². The molecule has 8 heteroatoms. The minimum atomic E-state index is -0.536. The topological polar surface area (TPSA) is 96.9 Å². The minimum absolute atomic E-state index is 0.263. The van der Waals surface area contributed by atoms with Crippen LogP contribution in [0.5, 0.6) is 5.75 Å². The third kappa shape index (κ3) is 3.90. The van der Waals surface area contributed by atoms with Crippen molar-refractivity contribution in [3.63, 3.8) is 0 Å². The summed E-state index contributed by atoms with van der Waals surface area (Å²) in [7, 11) is 1.79. The van der Waals surface area contributed by atoms with Crippen LogP contribution in [-0.2, 0) is 12.8 Å². The van der Waals surface area contributed by atoms with Crippen molar-refractivity contribution in [2.75, 3.05) is 12.8 Å². The molecule has 1 aliphatic rings. The van der Waals surface area contributed by atoms with Crippen molar-refractivity contribution in [3.05, 3.63) is 69.8 Å². The highest BCUT2D eigenvalue weighted by atomic mass is 32.1. The first-order valence-corrected chi connectivity index (χ1v) is 10.8. The van der Waals surface area contributed by atoms with Crippen molar-refractivity contribution in [2.24, 2.45) is 0 Å². The van der Waals surface area contributed by atoms with Crippen LogP contribution in [0, 0.1) is 11.2 Å². The van der Waals surface area contributed by atoms with E-state index in [1.54, 1.807) is 25.5 Å². The van der Waals surface area contributed by atoms with Crippen LogP contribution >= 0.6 is 11.5 Å². The molecule has 1 aliphatic heterocycles. The van der Waals surface area contributed by atoms with Crippen molar-refractivity contribution < 1.29 is 9.13 Å². The SMILES string of the molecule is CCc1snc2c1-c1cnc(N)c(c1)OC(C)c1cc(F)ccc1C(=N)/C(=C\NC)C2. The number of halogens is 1. The molecule has 160 valence electrons. The number of benzene rings is 1. The molecule has 31 heavy (non-hydrogen) atoms. The molecule has 4 rings (SSSR count). The summed E-state index contributed by atoms with van der Waals surface area (Å²) < 4.78 is 25.0. The highest BCUT2D eigenvalue weighted by molar-refractivity contribution is 7.06. The molecule has 0 saturated heterocycles. The van der Waals surface area contributed by atoms with Gasteiger partial charge in [0.1, 0.15) is 11.9 Å². The number of rotatable bonds is 2. The number of anilines is 1. The number of nitrogen functional groups attached to an aromatic ring is 1. The standard InChI is InChI=1S/C23H24FN5OS/c1-4-20-21-13-8-19(23(26)28-11-13)30-12(2)17-9-15(24)5-6-16(17)22(25)14(10-27-3)7-18(21)29-31-20/h5-6,8-12,25,27H,4,7H2,1-3H3,(H2,26,28)/b14-10-,25-22?. The van der Waals surface area contributed by atoms with Gasteiger partial charge in [-0.3, -0.25) is 5.41 Å². The van der Waals surface area contributed by atoms with E-state index < -0.39 is 6.10 Å². The van der Waals surface area contributed by atoms with Crippen LogP contribution in [-0.4, -0.2) is 22.1 Å². The Balaban J connectivity index is 1.99. The fraction of sp³-hybridized carbons (Fsp3) is 0.261. The van der Waals surface area contributed by atoms with Gasteiger partial charge >= 0.3 is 0 Å². The first-order valence-electron chi connectivity index (χ1n) is 10.1. The summed E-state index contributed by atoms with van der Waals surface area (Å²) in [5, 5.41) is 12.0. The maximum absolute atomic E-state index is 14.1. The van der Waals surface area contributed by atoms with Crippen LogP contribution in [0.15, 0.2) is 42.2 Å². The lowest BCUT2D eigenvalue weighted by Gasteiger charge is -2.22. The molecule has 3 aromatic rings. The van der Waals surface area contributed by atoms with Gasteiger partial charge in [0, 0.05) is 53.0 Å². The first kappa shape index (κ1) is 21.0. The summed E-state index contributed by atoms with van der Waals surface area (Å²) in [6.45, 7) is 3.91. The average Bonchev–Trinajstić information content (AvgIpc) is 3.16. The number of aryl methyl sites for hydroxylation is 1. The summed E-state index contributed by atoms with van der Waals surface area (Å²) in [6, 6.07) is 6.27. The lowest BCUT2D eigenvalue weighted by Crippen LogP contribution is -2.16. The van der Waals surface area contributed by atoms with E-state index in [0.29, 0.717) is 29.0 Å². The smallest absolute Gasteiger partial charge is 0.166 e. The zero-order chi connectivity index (χ0) is 22.1. The highest BCUT2D eigenvalue weighted by Crippen LogP contribution is 2.38. The summed E-state index contributed by atoms with van der Waals surface area (Å²) >= 11 is 1.45. The van der Waals surface area contributed by atoms with Crippen molar-refractivity contribution >= 4 is 23.1 Å². The van der Waals surface area contributed by atoms with Crippen LogP contribution in [0.25, 0.3) is 11.1 Å². The second-order valence-corrected chi connectivity index (χ2v) is 8.25. The molecule has 1 unspecified atom stereocenters. The Kier molecular flexibility index (Phi) is 5.73. The van der Waals surface area contributed by atoms with E-state index >= 15 is 0 Å². The molecular formula is C23H24FN5OS. The van der Waals surface area contributed by atoms with Crippen LogP contribution < -0.4 is 15.8 Å². The molecule has 0 spiro atoms. The number of fused-ring (bicyclic) bond motifs is 5. The molecule has 2 aromatic heterocycles. The number of hydrogen-bond donors (Lipinski definition) is 3. The van der Waals surface area contributed by atoms with Crippen LogP contribution in [0.4, 0.5) is 10.2 Å². The van der Waals surface area contributed by atoms with E-state index in [2.05, 4.69) is 17.2 Å². The van der Waals surface area contributed by atoms with Gasteiger partial charge in [-0.2, -0.15) is 4.37 Å². The first-order chi connectivity index (χ1) is 14.9. The van der Waals surface area contributed by atoms with E-state index in [0.717, 1.165) is 33.7 Å². The largest absolute Gasteiger partial charge is 0.482 e. The van der Waals surface area contributed by atoms with Gasteiger partial charge in [0.25, 0.3) is 0 Å². The second kappa shape index (κ2) is 8.47. The number of nitrogens with two attached hydrogens (primary N) is 1. The quantitative estimate of drug-likeness (QED) is 0.542. The van der Waals surface area contributed by atoms with Crippen molar-refractivity contribution in [2.45, 2.75) is 32.8 Å². The molecule has 1 aromatic carbocycles. The van der Waals surface area contributed by atoms with E-state index in [1.807, 2.05) is 13.0 Å². The fourth-order valence-corrected chi connectivity index (χ4v) is 4.66. The molecule has 0 aliphatic carbocycles. The number of allylic oxidation sites excluding steroid dienone is 1. The number of hydrogen-bond acceptors (Lipinski definition) is 7. The fourth-order valence-electron chi connectivity index (χ4n) is 3.83. The van der Waals surface area contributed by atoms with Gasteiger partial charge in [-0.25, -0.2) is 9.37 Å². The van der Waals surface area contributed by atoms with Crippen LogP contribution in [0.3, 0.4) is 0 Å². The van der Waals surface area contributed by atoms with Crippen LogP contribution in [0.2, 0.25) is 0 Å². The van der Waals surface area contributed by atoms with Gasteiger partial charge in [0.15, 0.2) is 11.6 Å². The number of nitrogens with zero attached hydrogens (tertiary/aromatic N) is 2.